The highest BCUT2D eigenvalue weighted by Crippen LogP contribution is 2.30. The van der Waals surface area contributed by atoms with Crippen molar-refractivity contribution in [1.82, 2.24) is 9.88 Å². The second kappa shape index (κ2) is 6.73. The lowest BCUT2D eigenvalue weighted by Crippen LogP contribution is -2.32. The molecule has 0 saturated carbocycles. The Kier molecular flexibility index (Phi) is 4.73. The van der Waals surface area contributed by atoms with Gasteiger partial charge in [0.25, 0.3) is 0 Å². The average Bonchev–Trinajstić information content (AvgIpc) is 2.73. The topological polar surface area (TPSA) is 39.6 Å². The normalized spacial score (nSPS) is 17.1. The number of aliphatic hydroxyl groups is 1. The zero-order valence-electron chi connectivity index (χ0n) is 12.0. The Morgan fingerprint density at radius 3 is 2.86 bits per heavy atom. The van der Waals surface area contributed by atoms with E-state index in [4.69, 9.17) is 5.11 Å². The molecule has 5 heteroatoms. The zero-order valence-corrected chi connectivity index (χ0v) is 13.6. The number of aliphatic hydroxyl groups excluding tert-OH is 1. The van der Waals surface area contributed by atoms with Crippen LogP contribution in [0.4, 0.5) is 5.82 Å². The van der Waals surface area contributed by atoms with Crippen molar-refractivity contribution in [2.24, 2.45) is 0 Å². The van der Waals surface area contributed by atoms with Crippen molar-refractivity contribution in [1.29, 1.82) is 0 Å². The smallest absolute Gasteiger partial charge is 0.136 e. The largest absolute Gasteiger partial charge is 0.395 e. The summed E-state index contributed by atoms with van der Waals surface area (Å²) in [5, 5.41) is 11.5. The third-order valence-electron chi connectivity index (χ3n) is 4.04. The Morgan fingerprint density at radius 2 is 2.00 bits per heavy atom. The summed E-state index contributed by atoms with van der Waals surface area (Å²) in [5.41, 5.74) is 0. The van der Waals surface area contributed by atoms with E-state index in [1.54, 1.807) is 0 Å². The minimum Gasteiger partial charge on any atom is -0.395 e. The number of fused-ring (bicyclic) bond motifs is 1. The van der Waals surface area contributed by atoms with Crippen LogP contribution >= 0.6 is 15.9 Å². The van der Waals surface area contributed by atoms with E-state index >= 15 is 0 Å². The second-order valence-electron chi connectivity index (χ2n) is 5.38. The van der Waals surface area contributed by atoms with Crippen LogP contribution in [0.5, 0.6) is 0 Å². The minimum atomic E-state index is 0.236. The molecule has 0 atom stereocenters. The molecule has 1 aliphatic heterocycles. The lowest BCUT2D eigenvalue weighted by molar-refractivity contribution is 0.204. The molecule has 1 aromatic heterocycles. The molecule has 1 aliphatic rings. The van der Waals surface area contributed by atoms with E-state index in [9.17, 15) is 0 Å². The first kappa shape index (κ1) is 14.8. The van der Waals surface area contributed by atoms with E-state index in [1.165, 1.54) is 10.8 Å². The molecule has 3 rings (SSSR count). The Balaban J connectivity index is 1.88. The number of hydrogen-bond acceptors (Lipinski definition) is 4. The van der Waals surface area contributed by atoms with Crippen LogP contribution in [0.25, 0.3) is 10.8 Å². The summed E-state index contributed by atoms with van der Waals surface area (Å²) in [6.45, 7) is 5.00. The highest BCUT2D eigenvalue weighted by molar-refractivity contribution is 9.10. The van der Waals surface area contributed by atoms with Crippen molar-refractivity contribution >= 4 is 32.5 Å². The summed E-state index contributed by atoms with van der Waals surface area (Å²) in [4.78, 5) is 9.31. The molecule has 4 nitrogen and oxygen atoms in total. The number of halogens is 1. The number of hydrogen-bond donors (Lipinski definition) is 1. The maximum Gasteiger partial charge on any atom is 0.136 e. The first-order valence-corrected chi connectivity index (χ1v) is 8.20. The van der Waals surface area contributed by atoms with Gasteiger partial charge in [-0.1, -0.05) is 28.1 Å². The van der Waals surface area contributed by atoms with Gasteiger partial charge in [0, 0.05) is 47.6 Å². The average molecular weight is 350 g/mol. The Labute approximate surface area is 133 Å². The standard InChI is InChI=1S/C16H20BrN3O/c17-15-4-1-3-14-13(15)5-6-18-16(14)20-8-2-7-19(9-10-20)11-12-21/h1,3-6,21H,2,7-12H2. The minimum absolute atomic E-state index is 0.236. The predicted molar refractivity (Wildman–Crippen MR) is 89.8 cm³/mol. The fourth-order valence-corrected chi connectivity index (χ4v) is 3.45. The van der Waals surface area contributed by atoms with Crippen LogP contribution in [0.3, 0.4) is 0 Å². The monoisotopic (exact) mass is 349 g/mol. The summed E-state index contributed by atoms with van der Waals surface area (Å²) in [7, 11) is 0. The maximum atomic E-state index is 9.09. The van der Waals surface area contributed by atoms with Crippen molar-refractivity contribution < 1.29 is 5.11 Å². The van der Waals surface area contributed by atoms with Gasteiger partial charge in [0.2, 0.25) is 0 Å². The quantitative estimate of drug-likeness (QED) is 0.923. The van der Waals surface area contributed by atoms with Crippen molar-refractivity contribution in [2.75, 3.05) is 44.2 Å². The number of anilines is 1. The van der Waals surface area contributed by atoms with Crippen molar-refractivity contribution in [3.63, 3.8) is 0 Å². The Bertz CT molecular complexity index is 619. The maximum absolute atomic E-state index is 9.09. The fourth-order valence-electron chi connectivity index (χ4n) is 2.95. The summed E-state index contributed by atoms with van der Waals surface area (Å²) in [6, 6.07) is 8.32. The number of aromatic nitrogens is 1. The summed E-state index contributed by atoms with van der Waals surface area (Å²) >= 11 is 3.62. The van der Waals surface area contributed by atoms with E-state index in [2.05, 4.69) is 55.0 Å². The van der Waals surface area contributed by atoms with Crippen LogP contribution in [0.1, 0.15) is 6.42 Å². The lowest BCUT2D eigenvalue weighted by Gasteiger charge is -2.23. The van der Waals surface area contributed by atoms with Gasteiger partial charge in [-0.3, -0.25) is 4.90 Å². The van der Waals surface area contributed by atoms with Crippen LogP contribution in [0.2, 0.25) is 0 Å². The number of rotatable bonds is 3. The molecule has 1 aromatic carbocycles. The molecular formula is C16H20BrN3O. The second-order valence-corrected chi connectivity index (χ2v) is 6.23. The predicted octanol–water partition coefficient (Wildman–Crippen LogP) is 2.50. The highest BCUT2D eigenvalue weighted by atomic mass is 79.9. The van der Waals surface area contributed by atoms with E-state index in [1.807, 2.05) is 6.20 Å². The first-order chi connectivity index (χ1) is 10.3. The molecule has 0 unspecified atom stereocenters. The fraction of sp³-hybridized carbons (Fsp3) is 0.438. The van der Waals surface area contributed by atoms with E-state index in [0.717, 1.165) is 49.4 Å². The third-order valence-corrected chi connectivity index (χ3v) is 4.73. The molecule has 0 aliphatic carbocycles. The van der Waals surface area contributed by atoms with Crippen LogP contribution in [0.15, 0.2) is 34.9 Å². The molecule has 1 N–H and O–H groups in total. The molecule has 2 heterocycles. The lowest BCUT2D eigenvalue weighted by atomic mass is 10.1. The van der Waals surface area contributed by atoms with Gasteiger partial charge >= 0.3 is 0 Å². The highest BCUT2D eigenvalue weighted by Gasteiger charge is 2.17. The summed E-state index contributed by atoms with van der Waals surface area (Å²) in [6.07, 6.45) is 2.99. The van der Waals surface area contributed by atoms with Crippen LogP contribution in [-0.4, -0.2) is 54.3 Å². The molecule has 0 radical (unpaired) electrons. The van der Waals surface area contributed by atoms with Gasteiger partial charge in [-0.15, -0.1) is 0 Å². The van der Waals surface area contributed by atoms with Gasteiger partial charge in [-0.2, -0.15) is 0 Å². The van der Waals surface area contributed by atoms with Gasteiger partial charge in [-0.05, 0) is 25.1 Å². The molecule has 112 valence electrons. The molecule has 2 aromatic rings. The van der Waals surface area contributed by atoms with E-state index < -0.39 is 0 Å². The number of β-amino-alcohol motifs (C(OH)–C–C–N with tert-alkyl or cyclic N) is 1. The van der Waals surface area contributed by atoms with Crippen LogP contribution in [0, 0.1) is 0 Å². The summed E-state index contributed by atoms with van der Waals surface area (Å²) in [5.74, 6) is 1.07. The molecule has 1 saturated heterocycles. The van der Waals surface area contributed by atoms with E-state index in [0.29, 0.717) is 0 Å². The molecule has 1 fully saturated rings. The molecular weight excluding hydrogens is 330 g/mol. The first-order valence-electron chi connectivity index (χ1n) is 7.41. The Hall–Kier alpha value is -1.17. The molecule has 0 bridgehead atoms. The van der Waals surface area contributed by atoms with E-state index in [-0.39, 0.29) is 6.61 Å². The van der Waals surface area contributed by atoms with Gasteiger partial charge in [0.1, 0.15) is 5.82 Å². The summed E-state index contributed by atoms with van der Waals surface area (Å²) < 4.78 is 1.11. The molecule has 0 spiro atoms. The molecule has 0 amide bonds. The number of pyridine rings is 1. The van der Waals surface area contributed by atoms with Crippen molar-refractivity contribution in [2.45, 2.75) is 6.42 Å². The Morgan fingerprint density at radius 1 is 1.10 bits per heavy atom. The van der Waals surface area contributed by atoms with Crippen LogP contribution in [-0.2, 0) is 0 Å². The number of nitrogens with zero attached hydrogens (tertiary/aromatic N) is 3. The number of benzene rings is 1. The van der Waals surface area contributed by atoms with Gasteiger partial charge in [0.05, 0.1) is 6.61 Å². The van der Waals surface area contributed by atoms with Gasteiger partial charge in [-0.25, -0.2) is 4.98 Å². The SMILES string of the molecule is OCCN1CCCN(c2nccc3c(Br)cccc23)CC1. The third kappa shape index (κ3) is 3.20. The molecule has 21 heavy (non-hydrogen) atoms. The van der Waals surface area contributed by atoms with Gasteiger partial charge in [0.15, 0.2) is 0 Å². The zero-order chi connectivity index (χ0) is 14.7. The van der Waals surface area contributed by atoms with Crippen molar-refractivity contribution in [3.05, 3.63) is 34.9 Å². The van der Waals surface area contributed by atoms with Crippen LogP contribution < -0.4 is 4.90 Å². The van der Waals surface area contributed by atoms with Gasteiger partial charge < -0.3 is 10.0 Å². The van der Waals surface area contributed by atoms with Crippen molar-refractivity contribution in [3.8, 4) is 0 Å².